The van der Waals surface area contributed by atoms with Crippen LogP contribution in [0.5, 0.6) is 0 Å². The first-order valence-electron chi connectivity index (χ1n) is 7.64. The van der Waals surface area contributed by atoms with Crippen molar-refractivity contribution in [3.8, 4) is 0 Å². The summed E-state index contributed by atoms with van der Waals surface area (Å²) >= 11 is 0. The molecule has 1 fully saturated rings. The van der Waals surface area contributed by atoms with Gasteiger partial charge in [0.2, 0.25) is 5.91 Å². The molecule has 122 valence electrons. The SMILES string of the molecule is CCn1nccc1C(=O)N1CCCC(CCOC)(C(N)=O)C1. The molecule has 0 radical (unpaired) electrons. The summed E-state index contributed by atoms with van der Waals surface area (Å²) in [6.07, 6.45) is 3.61. The van der Waals surface area contributed by atoms with Crippen molar-refractivity contribution in [2.45, 2.75) is 32.7 Å². The fraction of sp³-hybridized carbons (Fsp3) is 0.667. The summed E-state index contributed by atoms with van der Waals surface area (Å²) in [6, 6.07) is 1.71. The molecule has 1 aliphatic rings. The number of amides is 2. The molecule has 2 rings (SSSR count). The van der Waals surface area contributed by atoms with E-state index in [0.29, 0.717) is 44.8 Å². The van der Waals surface area contributed by atoms with Crippen LogP contribution in [0.2, 0.25) is 0 Å². The molecule has 2 N–H and O–H groups in total. The minimum atomic E-state index is -0.693. The van der Waals surface area contributed by atoms with Gasteiger partial charge in [0.15, 0.2) is 0 Å². The molecule has 1 saturated heterocycles. The average Bonchev–Trinajstić information content (AvgIpc) is 3.00. The van der Waals surface area contributed by atoms with Gasteiger partial charge in [0.1, 0.15) is 5.69 Å². The van der Waals surface area contributed by atoms with Crippen LogP contribution in [-0.2, 0) is 16.1 Å². The third-order valence-electron chi connectivity index (χ3n) is 4.41. The number of aryl methyl sites for hydroxylation is 1. The maximum atomic E-state index is 12.7. The number of nitrogens with two attached hydrogens (primary N) is 1. The van der Waals surface area contributed by atoms with Gasteiger partial charge in [-0.1, -0.05) is 0 Å². The summed E-state index contributed by atoms with van der Waals surface area (Å²) in [5.74, 6) is -0.451. The van der Waals surface area contributed by atoms with Gasteiger partial charge in [0.05, 0.1) is 5.41 Å². The Labute approximate surface area is 130 Å². The Kier molecular flexibility index (Phi) is 5.18. The van der Waals surface area contributed by atoms with Crippen LogP contribution < -0.4 is 5.73 Å². The fourth-order valence-electron chi connectivity index (χ4n) is 3.06. The van der Waals surface area contributed by atoms with E-state index < -0.39 is 5.41 Å². The third-order valence-corrected chi connectivity index (χ3v) is 4.41. The Bertz CT molecular complexity index is 543. The van der Waals surface area contributed by atoms with E-state index >= 15 is 0 Å². The zero-order valence-corrected chi connectivity index (χ0v) is 13.2. The van der Waals surface area contributed by atoms with Crippen molar-refractivity contribution < 1.29 is 14.3 Å². The smallest absolute Gasteiger partial charge is 0.272 e. The molecular weight excluding hydrogens is 284 g/mol. The van der Waals surface area contributed by atoms with E-state index in [4.69, 9.17) is 10.5 Å². The molecule has 0 aromatic carbocycles. The molecule has 7 heteroatoms. The second kappa shape index (κ2) is 6.91. The lowest BCUT2D eigenvalue weighted by Gasteiger charge is -2.40. The number of aromatic nitrogens is 2. The van der Waals surface area contributed by atoms with Crippen LogP contribution in [0.25, 0.3) is 0 Å². The monoisotopic (exact) mass is 308 g/mol. The van der Waals surface area contributed by atoms with Crippen molar-refractivity contribution in [2.75, 3.05) is 26.8 Å². The number of primary amides is 1. The molecule has 1 aliphatic heterocycles. The van der Waals surface area contributed by atoms with Gasteiger partial charge >= 0.3 is 0 Å². The van der Waals surface area contributed by atoms with E-state index in [1.54, 1.807) is 29.0 Å². The molecule has 1 unspecified atom stereocenters. The van der Waals surface area contributed by atoms with E-state index in [0.717, 1.165) is 6.42 Å². The number of carbonyl (C=O) groups is 2. The van der Waals surface area contributed by atoms with Gasteiger partial charge < -0.3 is 15.4 Å². The van der Waals surface area contributed by atoms with Crippen LogP contribution in [0.1, 0.15) is 36.7 Å². The predicted octanol–water partition coefficient (Wildman–Crippen LogP) is 0.647. The lowest BCUT2D eigenvalue weighted by atomic mass is 9.76. The minimum absolute atomic E-state index is 0.0953. The van der Waals surface area contributed by atoms with Crippen molar-refractivity contribution in [3.63, 3.8) is 0 Å². The van der Waals surface area contributed by atoms with E-state index in [2.05, 4.69) is 5.10 Å². The number of methoxy groups -OCH3 is 1. The molecule has 0 saturated carbocycles. The van der Waals surface area contributed by atoms with E-state index in [1.165, 1.54) is 0 Å². The quantitative estimate of drug-likeness (QED) is 0.835. The molecule has 7 nitrogen and oxygen atoms in total. The van der Waals surface area contributed by atoms with Crippen molar-refractivity contribution in [2.24, 2.45) is 11.1 Å². The molecule has 2 amide bonds. The molecule has 22 heavy (non-hydrogen) atoms. The highest BCUT2D eigenvalue weighted by Gasteiger charge is 2.42. The van der Waals surface area contributed by atoms with Gasteiger partial charge in [-0.25, -0.2) is 0 Å². The Morgan fingerprint density at radius 1 is 1.50 bits per heavy atom. The third kappa shape index (κ3) is 3.14. The van der Waals surface area contributed by atoms with Crippen LogP contribution in [-0.4, -0.2) is 53.3 Å². The second-order valence-electron chi connectivity index (χ2n) is 5.75. The van der Waals surface area contributed by atoms with Crippen molar-refractivity contribution >= 4 is 11.8 Å². The van der Waals surface area contributed by atoms with Crippen LogP contribution >= 0.6 is 0 Å². The molecule has 0 aliphatic carbocycles. The highest BCUT2D eigenvalue weighted by molar-refractivity contribution is 5.93. The average molecular weight is 308 g/mol. The van der Waals surface area contributed by atoms with E-state index in [1.807, 2.05) is 6.92 Å². The number of hydrogen-bond acceptors (Lipinski definition) is 4. The first kappa shape index (κ1) is 16.5. The maximum Gasteiger partial charge on any atom is 0.272 e. The lowest BCUT2D eigenvalue weighted by Crippen LogP contribution is -2.52. The molecular formula is C15H24N4O3. The number of hydrogen-bond donors (Lipinski definition) is 1. The molecule has 1 aromatic rings. The summed E-state index contributed by atoms with van der Waals surface area (Å²) < 4.78 is 6.76. The Morgan fingerprint density at radius 2 is 2.27 bits per heavy atom. The van der Waals surface area contributed by atoms with Crippen molar-refractivity contribution in [3.05, 3.63) is 18.0 Å². The Balaban J connectivity index is 2.18. The highest BCUT2D eigenvalue weighted by Crippen LogP contribution is 2.34. The minimum Gasteiger partial charge on any atom is -0.385 e. The van der Waals surface area contributed by atoms with Crippen LogP contribution in [0.3, 0.4) is 0 Å². The molecule has 1 aromatic heterocycles. The maximum absolute atomic E-state index is 12.7. The van der Waals surface area contributed by atoms with Gasteiger partial charge in [-0.2, -0.15) is 5.10 Å². The normalized spacial score (nSPS) is 21.8. The summed E-state index contributed by atoms with van der Waals surface area (Å²) in [5, 5.41) is 4.13. The molecule has 1 atom stereocenters. The number of piperidine rings is 1. The summed E-state index contributed by atoms with van der Waals surface area (Å²) in [5.41, 5.74) is 5.49. The van der Waals surface area contributed by atoms with E-state index in [9.17, 15) is 9.59 Å². The first-order chi connectivity index (χ1) is 10.5. The zero-order chi connectivity index (χ0) is 16.2. The molecule has 0 spiro atoms. The number of carbonyl (C=O) groups excluding carboxylic acids is 2. The second-order valence-corrected chi connectivity index (χ2v) is 5.75. The Hall–Kier alpha value is -1.89. The predicted molar refractivity (Wildman–Crippen MR) is 81.2 cm³/mol. The first-order valence-corrected chi connectivity index (χ1v) is 7.64. The number of likely N-dealkylation sites (tertiary alicyclic amines) is 1. The summed E-state index contributed by atoms with van der Waals surface area (Å²) in [7, 11) is 1.60. The van der Waals surface area contributed by atoms with Gasteiger partial charge in [-0.05, 0) is 32.3 Å². The lowest BCUT2D eigenvalue weighted by molar-refractivity contribution is -0.131. The summed E-state index contributed by atoms with van der Waals surface area (Å²) in [4.78, 5) is 26.4. The number of nitrogens with zero attached hydrogens (tertiary/aromatic N) is 3. The topological polar surface area (TPSA) is 90.4 Å². The molecule has 2 heterocycles. The van der Waals surface area contributed by atoms with Crippen LogP contribution in [0, 0.1) is 5.41 Å². The molecule has 0 bridgehead atoms. The number of rotatable bonds is 6. The largest absolute Gasteiger partial charge is 0.385 e. The number of ether oxygens (including phenoxy) is 1. The van der Waals surface area contributed by atoms with Crippen LogP contribution in [0.4, 0.5) is 0 Å². The van der Waals surface area contributed by atoms with Gasteiger partial charge in [-0.15, -0.1) is 0 Å². The van der Waals surface area contributed by atoms with Gasteiger partial charge in [0.25, 0.3) is 5.91 Å². The standard InChI is InChI=1S/C15H24N4O3/c1-3-19-12(5-8-17-19)13(20)18-9-4-6-15(11-18,14(16)21)7-10-22-2/h5,8H,3-4,6-7,9-11H2,1-2H3,(H2,16,21). The zero-order valence-electron chi connectivity index (χ0n) is 13.2. The van der Waals surface area contributed by atoms with E-state index in [-0.39, 0.29) is 11.8 Å². The highest BCUT2D eigenvalue weighted by atomic mass is 16.5. The fourth-order valence-corrected chi connectivity index (χ4v) is 3.06. The van der Waals surface area contributed by atoms with Gasteiger partial charge in [-0.3, -0.25) is 14.3 Å². The van der Waals surface area contributed by atoms with Crippen molar-refractivity contribution in [1.82, 2.24) is 14.7 Å². The van der Waals surface area contributed by atoms with Crippen LogP contribution in [0.15, 0.2) is 12.3 Å². The van der Waals surface area contributed by atoms with Crippen molar-refractivity contribution in [1.29, 1.82) is 0 Å². The van der Waals surface area contributed by atoms with Gasteiger partial charge in [0, 0.05) is 39.5 Å². The summed E-state index contributed by atoms with van der Waals surface area (Å²) in [6.45, 7) is 4.01. The Morgan fingerprint density at radius 3 is 2.91 bits per heavy atom.